The molecule has 2 atom stereocenters. The third kappa shape index (κ3) is 4.01. The number of oxime groups is 1. The molecule has 2 aliphatic rings. The number of allylic oxidation sites excluding steroid dienone is 1. The number of amides is 2. The molecule has 2 aromatic rings. The topological polar surface area (TPSA) is 184 Å². The maximum atomic E-state index is 12.8. The second-order valence-corrected chi connectivity index (χ2v) is 10.9. The zero-order chi connectivity index (χ0) is 23.2. The number of carbonyl (C=O) groups excluding carboxylic acids is 2. The largest absolute Gasteiger partial charge is 0.477 e. The smallest absolute Gasteiger partial charge is 0.353 e. The van der Waals surface area contributed by atoms with Gasteiger partial charge < -0.3 is 21.4 Å². The quantitative estimate of drug-likeness (QED) is 0.183. The minimum atomic E-state index is -1.28. The molecule has 32 heavy (non-hydrogen) atoms. The van der Waals surface area contributed by atoms with Crippen molar-refractivity contribution in [2.24, 2.45) is 5.16 Å². The number of nitrogens with one attached hydrogen (secondary N) is 1. The molecule has 0 aliphatic carbocycles. The number of aliphatic carboxylic acids is 1. The molecule has 5 N–H and O–H groups in total. The van der Waals surface area contributed by atoms with Crippen LogP contribution in [0.3, 0.4) is 0 Å². The zero-order valence-electron chi connectivity index (χ0n) is 15.5. The molecular weight excluding hydrogens is 525 g/mol. The Hall–Kier alpha value is -2.46. The molecule has 0 bridgehead atoms. The number of carbonyl (C=O) groups is 3. The predicted octanol–water partition coefficient (Wildman–Crippen LogP) is 1.64. The first-order valence-electron chi connectivity index (χ1n) is 8.62. The van der Waals surface area contributed by atoms with E-state index in [-0.39, 0.29) is 25.3 Å². The normalized spacial score (nSPS) is 20.8. The van der Waals surface area contributed by atoms with Crippen molar-refractivity contribution in [3.63, 3.8) is 0 Å². The van der Waals surface area contributed by atoms with Gasteiger partial charge >= 0.3 is 5.97 Å². The molecule has 4 rings (SSSR count). The number of hydrogen-bond donors (Lipinski definition) is 4. The predicted molar refractivity (Wildman–Crippen MR) is 117 cm³/mol. The van der Waals surface area contributed by atoms with Crippen LogP contribution in [0.15, 0.2) is 20.1 Å². The summed E-state index contributed by atoms with van der Waals surface area (Å²) in [7, 11) is 0. The fourth-order valence-electron chi connectivity index (χ4n) is 3.34. The molecule has 0 unspecified atom stereocenters. The van der Waals surface area contributed by atoms with Crippen LogP contribution in [0.4, 0.5) is 5.13 Å². The number of aromatic nitrogens is 3. The highest BCUT2D eigenvalue weighted by atomic mass is 35.5. The number of fused-ring (bicyclic) bond motifs is 1. The molecule has 0 spiro atoms. The van der Waals surface area contributed by atoms with Crippen LogP contribution in [-0.4, -0.2) is 66.0 Å². The molecule has 1 saturated heterocycles. The van der Waals surface area contributed by atoms with Crippen LogP contribution < -0.4 is 11.1 Å². The average molecular weight is 536 g/mol. The van der Waals surface area contributed by atoms with Crippen LogP contribution in [0.1, 0.15) is 18.5 Å². The summed E-state index contributed by atoms with van der Waals surface area (Å²) in [6.45, 7) is 0. The van der Waals surface area contributed by atoms with E-state index in [9.17, 15) is 24.7 Å². The minimum absolute atomic E-state index is 0.0409. The number of carboxylic acids is 1. The summed E-state index contributed by atoms with van der Waals surface area (Å²) in [5.74, 6) is -2.80. The van der Waals surface area contributed by atoms with Crippen LogP contribution in [0.5, 0.6) is 0 Å². The maximum absolute atomic E-state index is 12.8. The number of hydrogen-bond acceptors (Lipinski definition) is 12. The molecule has 4 heterocycles. The summed E-state index contributed by atoms with van der Waals surface area (Å²) in [6.07, 6.45) is 0.720. The zero-order valence-corrected chi connectivity index (χ0v) is 19.4. The number of carboxylic acid groups (broad SMARTS) is 1. The van der Waals surface area contributed by atoms with E-state index in [1.807, 2.05) is 0 Å². The number of nitrogen functional groups attached to an aromatic ring is 1. The van der Waals surface area contributed by atoms with E-state index in [4.69, 9.17) is 28.9 Å². The molecule has 12 nitrogen and oxygen atoms in total. The lowest BCUT2D eigenvalue weighted by Crippen LogP contribution is -2.72. The molecule has 1 fully saturated rings. The summed E-state index contributed by atoms with van der Waals surface area (Å²) in [5.41, 5.74) is 4.73. The van der Waals surface area contributed by atoms with E-state index in [1.165, 1.54) is 0 Å². The van der Waals surface area contributed by atoms with Gasteiger partial charge in [-0.2, -0.15) is 0 Å². The third-order valence-electron chi connectivity index (χ3n) is 4.62. The molecule has 17 heteroatoms. The van der Waals surface area contributed by atoms with E-state index in [0.717, 1.165) is 39.3 Å². The Bertz CT molecular complexity index is 1200. The van der Waals surface area contributed by atoms with Crippen LogP contribution in [0.2, 0.25) is 8.80 Å². The van der Waals surface area contributed by atoms with Gasteiger partial charge in [-0.3, -0.25) is 14.5 Å². The van der Waals surface area contributed by atoms with Crippen LogP contribution >= 0.6 is 57.6 Å². The number of nitrogens with two attached hydrogens (primary N) is 1. The number of nitrogens with zero attached hydrogens (tertiary/aromatic N) is 5. The molecular formula is C15H11Cl2N7O5S3. The molecule has 168 valence electrons. The average Bonchev–Trinajstić information content (AvgIpc) is 3.30. The van der Waals surface area contributed by atoms with Crippen molar-refractivity contribution in [1.82, 2.24) is 25.4 Å². The first-order chi connectivity index (χ1) is 15.2. The summed E-state index contributed by atoms with van der Waals surface area (Å²) < 4.78 is 0.701. The van der Waals surface area contributed by atoms with Crippen molar-refractivity contribution < 1.29 is 24.7 Å². The van der Waals surface area contributed by atoms with Gasteiger partial charge in [-0.1, -0.05) is 51.2 Å². The molecule has 0 saturated carbocycles. The van der Waals surface area contributed by atoms with Crippen LogP contribution in [0, 0.1) is 0 Å². The van der Waals surface area contributed by atoms with E-state index in [0.29, 0.717) is 22.1 Å². The van der Waals surface area contributed by atoms with Crippen molar-refractivity contribution in [1.29, 1.82) is 0 Å². The first kappa shape index (κ1) is 22.7. The van der Waals surface area contributed by atoms with Gasteiger partial charge in [-0.05, 0) is 24.4 Å². The van der Waals surface area contributed by atoms with Crippen molar-refractivity contribution in [3.05, 3.63) is 25.1 Å². The highest BCUT2D eigenvalue weighted by Gasteiger charge is 2.54. The van der Waals surface area contributed by atoms with Gasteiger partial charge in [0.2, 0.25) is 4.47 Å². The summed E-state index contributed by atoms with van der Waals surface area (Å²) in [5, 5.41) is 32.0. The van der Waals surface area contributed by atoms with E-state index >= 15 is 0 Å². The molecule has 2 amide bonds. The minimum Gasteiger partial charge on any atom is -0.477 e. The number of thiazole rings is 1. The van der Waals surface area contributed by atoms with Gasteiger partial charge in [0.05, 0.1) is 6.04 Å². The highest BCUT2D eigenvalue weighted by molar-refractivity contribution is 8.04. The van der Waals surface area contributed by atoms with Crippen molar-refractivity contribution in [2.75, 3.05) is 5.73 Å². The lowest BCUT2D eigenvalue weighted by Gasteiger charge is -2.49. The fraction of sp³-hybridized carbons (Fsp3) is 0.267. The molecule has 0 aromatic carbocycles. The number of thioether (sulfide) groups is 1. The van der Waals surface area contributed by atoms with Gasteiger partial charge in [-0.25, -0.2) is 9.78 Å². The Balaban J connectivity index is 1.53. The Kier molecular flexibility index (Phi) is 6.26. The van der Waals surface area contributed by atoms with Gasteiger partial charge in [0.25, 0.3) is 11.8 Å². The van der Waals surface area contributed by atoms with Crippen LogP contribution in [-0.2, 0) is 14.4 Å². The fourth-order valence-corrected chi connectivity index (χ4v) is 6.47. The number of anilines is 1. The standard InChI is InChI=1S/C15H11Cl2N7O5S3/c16-9-6(20-14(18)31-9)7(23-29)10(25)19-5-3-1-2-4(30-15-22-21-13(17)32-15)8(12(27)28)24(3)11(5)26/h3,5,29H,1-2H2,(H2,18,20)(H,19,25)(H,27,28)/b23-7-/t3-,5+/m1/s1. The van der Waals surface area contributed by atoms with E-state index in [2.05, 4.69) is 25.7 Å². The van der Waals surface area contributed by atoms with Crippen LogP contribution in [0.25, 0.3) is 0 Å². The van der Waals surface area contributed by atoms with Crippen molar-refractivity contribution in [2.45, 2.75) is 29.3 Å². The Morgan fingerprint density at radius 3 is 2.62 bits per heavy atom. The number of rotatable bonds is 6. The third-order valence-corrected chi connectivity index (χ3v) is 7.91. The molecule has 2 aromatic heterocycles. The lowest BCUT2D eigenvalue weighted by atomic mass is 9.86. The van der Waals surface area contributed by atoms with Gasteiger partial charge in [0.15, 0.2) is 15.2 Å². The van der Waals surface area contributed by atoms with Gasteiger partial charge in [-0.15, -0.1) is 10.2 Å². The monoisotopic (exact) mass is 535 g/mol. The Morgan fingerprint density at radius 1 is 1.31 bits per heavy atom. The summed E-state index contributed by atoms with van der Waals surface area (Å²) >= 11 is 14.8. The SMILES string of the molecule is Nc1nc(/C(=N/O)C(=O)N[C@@H]2C(=O)N3C(C(=O)O)=C(Sc4nnc(Cl)s4)CC[C@H]23)c(Cl)s1. The Morgan fingerprint density at radius 2 is 2.06 bits per heavy atom. The highest BCUT2D eigenvalue weighted by Crippen LogP contribution is 2.44. The van der Waals surface area contributed by atoms with E-state index < -0.39 is 35.6 Å². The maximum Gasteiger partial charge on any atom is 0.353 e. The van der Waals surface area contributed by atoms with Gasteiger partial charge in [0, 0.05) is 4.91 Å². The van der Waals surface area contributed by atoms with Crippen molar-refractivity contribution >= 4 is 86.3 Å². The number of β-lactam (4-membered cyclic amide) rings is 1. The van der Waals surface area contributed by atoms with E-state index in [1.54, 1.807) is 0 Å². The number of halogens is 2. The van der Waals surface area contributed by atoms with Crippen molar-refractivity contribution in [3.8, 4) is 0 Å². The Labute approximate surface area is 201 Å². The summed E-state index contributed by atoms with van der Waals surface area (Å²) in [4.78, 5) is 42.7. The lowest BCUT2D eigenvalue weighted by molar-refractivity contribution is -0.155. The molecule has 0 radical (unpaired) electrons. The summed E-state index contributed by atoms with van der Waals surface area (Å²) in [6, 6.07) is -1.60. The second-order valence-electron chi connectivity index (χ2n) is 6.39. The first-order valence-corrected chi connectivity index (χ1v) is 11.8. The molecule has 2 aliphatic heterocycles. The van der Waals surface area contributed by atoms with Gasteiger partial charge in [0.1, 0.15) is 21.8 Å². The second kappa shape index (κ2) is 8.82.